The van der Waals surface area contributed by atoms with Gasteiger partial charge in [-0.25, -0.2) is 0 Å². The van der Waals surface area contributed by atoms with Crippen molar-refractivity contribution in [2.45, 2.75) is 37.8 Å². The number of fused-ring (bicyclic) bond motifs is 2. The number of nitrogens with zero attached hydrogens (tertiary/aromatic N) is 2. The van der Waals surface area contributed by atoms with Crippen LogP contribution in [0.4, 0.5) is 0 Å². The van der Waals surface area contributed by atoms with Crippen molar-refractivity contribution in [3.8, 4) is 5.75 Å². The van der Waals surface area contributed by atoms with Crippen molar-refractivity contribution in [1.29, 1.82) is 0 Å². The molecule has 1 N–H and O–H groups in total. The van der Waals surface area contributed by atoms with E-state index in [1.54, 1.807) is 7.11 Å². The molecule has 2 aliphatic rings. The molecule has 1 aliphatic heterocycles. The van der Waals surface area contributed by atoms with Gasteiger partial charge in [0.25, 0.3) is 5.91 Å². The molecule has 24 heavy (non-hydrogen) atoms. The van der Waals surface area contributed by atoms with Gasteiger partial charge in [0.05, 0.1) is 11.8 Å². The molecule has 2 fully saturated rings. The van der Waals surface area contributed by atoms with Crippen LogP contribution in [0, 0.1) is 5.92 Å². The van der Waals surface area contributed by atoms with Crippen LogP contribution in [0.3, 0.4) is 0 Å². The summed E-state index contributed by atoms with van der Waals surface area (Å²) in [6.07, 6.45) is 4.72. The molecule has 0 spiro atoms. The smallest absolute Gasteiger partial charge is 0.271 e. The quantitative estimate of drug-likeness (QED) is 0.929. The average Bonchev–Trinajstić information content (AvgIpc) is 3.18. The summed E-state index contributed by atoms with van der Waals surface area (Å²) in [5.74, 6) is 1.48. The zero-order chi connectivity index (χ0) is 16.7. The minimum Gasteiger partial charge on any atom is -0.497 e. The summed E-state index contributed by atoms with van der Waals surface area (Å²) < 4.78 is 10.6. The minimum atomic E-state index is -0.0438. The summed E-state index contributed by atoms with van der Waals surface area (Å²) in [6, 6.07) is 6.63. The molecule has 0 radical (unpaired) electrons. The third-order valence-electron chi connectivity index (χ3n) is 5.54. The van der Waals surface area contributed by atoms with E-state index in [4.69, 9.17) is 4.74 Å². The molecular formula is C18H23N3O2S. The number of carbonyl (C=O) groups excluding carboxylic acids is 1. The van der Waals surface area contributed by atoms with E-state index in [0.717, 1.165) is 34.6 Å². The van der Waals surface area contributed by atoms with Crippen LogP contribution in [0.15, 0.2) is 18.2 Å². The van der Waals surface area contributed by atoms with Crippen molar-refractivity contribution in [3.63, 3.8) is 0 Å². The maximum atomic E-state index is 12.7. The molecule has 3 atom stereocenters. The summed E-state index contributed by atoms with van der Waals surface area (Å²) in [5.41, 5.74) is 0.542. The van der Waals surface area contributed by atoms with Gasteiger partial charge in [-0.1, -0.05) is 0 Å². The zero-order valence-electron chi connectivity index (χ0n) is 14.1. The highest BCUT2D eigenvalue weighted by Gasteiger charge is 2.39. The van der Waals surface area contributed by atoms with Gasteiger partial charge in [-0.05, 0) is 74.9 Å². The van der Waals surface area contributed by atoms with Gasteiger partial charge in [0.2, 0.25) is 0 Å². The topological polar surface area (TPSA) is 54.5 Å². The fourth-order valence-electron chi connectivity index (χ4n) is 4.30. The fourth-order valence-corrected chi connectivity index (χ4v) is 5.10. The monoisotopic (exact) mass is 345 g/mol. The predicted molar refractivity (Wildman–Crippen MR) is 95.8 cm³/mol. The number of piperidine rings is 1. The number of likely N-dealkylation sites (tertiary alicyclic amines) is 1. The van der Waals surface area contributed by atoms with Crippen LogP contribution in [-0.4, -0.2) is 48.0 Å². The maximum absolute atomic E-state index is 12.7. The molecule has 1 aromatic carbocycles. The molecule has 1 saturated carbocycles. The van der Waals surface area contributed by atoms with Crippen LogP contribution in [0.5, 0.6) is 5.75 Å². The molecule has 5 nitrogen and oxygen atoms in total. The summed E-state index contributed by atoms with van der Waals surface area (Å²) in [6.45, 7) is 1.18. The molecule has 1 aromatic heterocycles. The minimum absolute atomic E-state index is 0.0438. The Balaban J connectivity index is 1.49. The van der Waals surface area contributed by atoms with Crippen LogP contribution in [0.1, 0.15) is 36.2 Å². The molecule has 1 saturated heterocycles. The van der Waals surface area contributed by atoms with Gasteiger partial charge < -0.3 is 15.0 Å². The van der Waals surface area contributed by atoms with Crippen LogP contribution in [0.2, 0.25) is 0 Å². The number of amides is 1. The van der Waals surface area contributed by atoms with E-state index in [1.807, 2.05) is 18.2 Å². The highest BCUT2D eigenvalue weighted by Crippen LogP contribution is 2.36. The van der Waals surface area contributed by atoms with Gasteiger partial charge in [0, 0.05) is 17.5 Å². The zero-order valence-corrected chi connectivity index (χ0v) is 14.9. The van der Waals surface area contributed by atoms with Gasteiger partial charge in [-0.3, -0.25) is 4.79 Å². The summed E-state index contributed by atoms with van der Waals surface area (Å²) in [5, 5.41) is 4.13. The highest BCUT2D eigenvalue weighted by atomic mass is 32.1. The van der Waals surface area contributed by atoms with Crippen LogP contribution >= 0.6 is 11.5 Å². The number of hydrogen-bond donors (Lipinski definition) is 1. The van der Waals surface area contributed by atoms with Crippen molar-refractivity contribution >= 4 is 27.5 Å². The maximum Gasteiger partial charge on any atom is 0.271 e. The van der Waals surface area contributed by atoms with Crippen molar-refractivity contribution < 1.29 is 9.53 Å². The molecule has 0 bridgehead atoms. The standard InChI is InChI=1S/C18H23N3O2S/c1-21-7-3-4-11-8-12(9-15(11)21)19-18(22)17-14-6-5-13(23-2)10-16(14)24-20-17/h5-6,10-12,15H,3-4,7-9H2,1-2H3,(H,19,22). The lowest BCUT2D eigenvalue weighted by Gasteiger charge is -2.34. The Morgan fingerprint density at radius 1 is 1.42 bits per heavy atom. The number of hydrogen-bond acceptors (Lipinski definition) is 5. The first-order valence-corrected chi connectivity index (χ1v) is 9.37. The number of nitrogens with one attached hydrogen (secondary N) is 1. The molecule has 2 heterocycles. The van der Waals surface area contributed by atoms with E-state index >= 15 is 0 Å². The van der Waals surface area contributed by atoms with E-state index in [9.17, 15) is 4.79 Å². The highest BCUT2D eigenvalue weighted by molar-refractivity contribution is 7.13. The Hall–Kier alpha value is -1.66. The third-order valence-corrected chi connectivity index (χ3v) is 6.35. The van der Waals surface area contributed by atoms with E-state index in [1.165, 1.54) is 30.9 Å². The van der Waals surface area contributed by atoms with Crippen LogP contribution in [0.25, 0.3) is 10.1 Å². The number of carbonyl (C=O) groups is 1. The summed E-state index contributed by atoms with van der Waals surface area (Å²) >= 11 is 1.35. The molecular weight excluding hydrogens is 322 g/mol. The largest absolute Gasteiger partial charge is 0.497 e. The Morgan fingerprint density at radius 2 is 2.29 bits per heavy atom. The van der Waals surface area contributed by atoms with Crippen molar-refractivity contribution in [1.82, 2.24) is 14.6 Å². The third kappa shape index (κ3) is 2.78. The SMILES string of the molecule is COc1ccc2c(C(=O)NC3CC4CCCN(C)C4C3)nsc2c1. The summed E-state index contributed by atoms with van der Waals surface area (Å²) in [7, 11) is 3.86. The fraction of sp³-hybridized carbons (Fsp3) is 0.556. The molecule has 3 unspecified atom stereocenters. The lowest BCUT2D eigenvalue weighted by molar-refractivity contribution is 0.0934. The first kappa shape index (κ1) is 15.8. The average molecular weight is 345 g/mol. The van der Waals surface area contributed by atoms with Gasteiger partial charge in [0.15, 0.2) is 0 Å². The van der Waals surface area contributed by atoms with Crippen molar-refractivity contribution in [2.24, 2.45) is 5.92 Å². The molecule has 128 valence electrons. The first-order chi connectivity index (χ1) is 11.7. The van der Waals surface area contributed by atoms with E-state index < -0.39 is 0 Å². The molecule has 1 aliphatic carbocycles. The van der Waals surface area contributed by atoms with Crippen LogP contribution < -0.4 is 10.1 Å². The second kappa shape index (κ2) is 6.33. The lowest BCUT2D eigenvalue weighted by atomic mass is 9.92. The number of rotatable bonds is 3. The molecule has 4 rings (SSSR count). The van der Waals surface area contributed by atoms with E-state index in [-0.39, 0.29) is 11.9 Å². The Bertz CT molecular complexity index is 760. The second-order valence-corrected chi connectivity index (χ2v) is 7.79. The summed E-state index contributed by atoms with van der Waals surface area (Å²) in [4.78, 5) is 15.2. The lowest BCUT2D eigenvalue weighted by Crippen LogP contribution is -2.40. The molecule has 1 amide bonds. The van der Waals surface area contributed by atoms with Crippen molar-refractivity contribution in [2.75, 3.05) is 20.7 Å². The number of aromatic nitrogens is 1. The second-order valence-electron chi connectivity index (χ2n) is 6.99. The van der Waals surface area contributed by atoms with E-state index in [2.05, 4.69) is 21.6 Å². The Kier molecular flexibility index (Phi) is 4.18. The first-order valence-electron chi connectivity index (χ1n) is 8.60. The predicted octanol–water partition coefficient (Wildman–Crippen LogP) is 2.91. The number of ether oxygens (including phenoxy) is 1. The van der Waals surface area contributed by atoms with E-state index in [0.29, 0.717) is 11.7 Å². The molecule has 6 heteroatoms. The Labute approximate surface area is 146 Å². The molecule has 2 aromatic rings. The van der Waals surface area contributed by atoms with Gasteiger partial charge in [0.1, 0.15) is 11.4 Å². The Morgan fingerprint density at radius 3 is 3.08 bits per heavy atom. The number of benzene rings is 1. The normalized spacial score (nSPS) is 27.2. The number of methoxy groups -OCH3 is 1. The van der Waals surface area contributed by atoms with Crippen LogP contribution in [-0.2, 0) is 0 Å². The van der Waals surface area contributed by atoms with Gasteiger partial charge >= 0.3 is 0 Å². The van der Waals surface area contributed by atoms with Gasteiger partial charge in [-0.15, -0.1) is 0 Å². The van der Waals surface area contributed by atoms with Crippen molar-refractivity contribution in [3.05, 3.63) is 23.9 Å². The van der Waals surface area contributed by atoms with Gasteiger partial charge in [-0.2, -0.15) is 4.37 Å².